The number of hydrogen-bond donors (Lipinski definition) is 2. The first-order valence-corrected chi connectivity index (χ1v) is 7.78. The molecule has 1 heterocycles. The first kappa shape index (κ1) is 15.7. The fourth-order valence-electron chi connectivity index (χ4n) is 2.91. The third-order valence-corrected chi connectivity index (χ3v) is 4.23. The maximum atomic E-state index is 5.99. The van der Waals surface area contributed by atoms with Gasteiger partial charge in [0.25, 0.3) is 0 Å². The summed E-state index contributed by atoms with van der Waals surface area (Å²) in [5.74, 6) is 1.55. The average molecular weight is 331 g/mol. The highest BCUT2D eigenvalue weighted by molar-refractivity contribution is 6.30. The highest BCUT2D eigenvalue weighted by Crippen LogP contribution is 2.41. The molecule has 3 rings (SSSR count). The topological polar surface area (TPSA) is 60.3 Å². The highest BCUT2D eigenvalue weighted by Gasteiger charge is 2.18. The molecule has 0 bridgehead atoms. The van der Waals surface area contributed by atoms with Gasteiger partial charge in [-0.3, -0.25) is 0 Å². The Morgan fingerprint density at radius 1 is 1.09 bits per heavy atom. The Balaban J connectivity index is 2.29. The number of ether oxygens (including phenoxy) is 2. The number of benzene rings is 2. The zero-order valence-corrected chi connectivity index (χ0v) is 13.9. The number of methoxy groups -OCH3 is 2. The molecule has 0 aliphatic rings. The van der Waals surface area contributed by atoms with E-state index in [0.717, 1.165) is 45.5 Å². The number of nitrogens with two attached hydrogens (primary N) is 1. The average Bonchev–Trinajstić information content (AvgIpc) is 3.01. The molecular formula is C18H19ClN2O2. The Bertz CT molecular complexity index is 825. The molecule has 0 saturated carbocycles. The van der Waals surface area contributed by atoms with Crippen LogP contribution in [-0.4, -0.2) is 25.7 Å². The second-order valence-electron chi connectivity index (χ2n) is 5.26. The van der Waals surface area contributed by atoms with Crippen molar-refractivity contribution in [3.05, 3.63) is 47.1 Å². The summed E-state index contributed by atoms with van der Waals surface area (Å²) in [6.07, 6.45) is 2.71. The third-order valence-electron chi connectivity index (χ3n) is 3.98. The molecule has 0 aliphatic carbocycles. The lowest BCUT2D eigenvalue weighted by molar-refractivity contribution is 0.395. The quantitative estimate of drug-likeness (QED) is 0.743. The first-order valence-electron chi connectivity index (χ1n) is 7.40. The fourth-order valence-corrected chi connectivity index (χ4v) is 3.04. The molecule has 23 heavy (non-hydrogen) atoms. The van der Waals surface area contributed by atoms with Crippen LogP contribution in [0.5, 0.6) is 11.5 Å². The van der Waals surface area contributed by atoms with Crippen LogP contribution in [-0.2, 0) is 6.42 Å². The Morgan fingerprint density at radius 3 is 2.39 bits per heavy atom. The monoisotopic (exact) mass is 330 g/mol. The van der Waals surface area contributed by atoms with E-state index in [9.17, 15) is 0 Å². The summed E-state index contributed by atoms with van der Waals surface area (Å²) in [6, 6.07) is 9.67. The molecule has 0 atom stereocenters. The van der Waals surface area contributed by atoms with Crippen molar-refractivity contribution in [2.75, 3.05) is 20.8 Å². The normalized spacial score (nSPS) is 11.0. The van der Waals surface area contributed by atoms with Gasteiger partial charge in [0.2, 0.25) is 0 Å². The van der Waals surface area contributed by atoms with Gasteiger partial charge in [0.15, 0.2) is 0 Å². The van der Waals surface area contributed by atoms with E-state index in [1.165, 1.54) is 0 Å². The van der Waals surface area contributed by atoms with Crippen molar-refractivity contribution >= 4 is 22.5 Å². The van der Waals surface area contributed by atoms with Crippen LogP contribution in [0.25, 0.3) is 22.0 Å². The third kappa shape index (κ3) is 2.76. The van der Waals surface area contributed by atoms with Crippen molar-refractivity contribution in [2.24, 2.45) is 5.73 Å². The minimum Gasteiger partial charge on any atom is -0.496 e. The van der Waals surface area contributed by atoms with Crippen LogP contribution < -0.4 is 15.2 Å². The van der Waals surface area contributed by atoms with Gasteiger partial charge >= 0.3 is 0 Å². The standard InChI is InChI=1S/C18H19ClN2O2/c1-22-15-9-16(23-2)17-14(11-3-5-12(19)6-4-11)10-21-18(17)13(15)7-8-20/h3-6,9-10,21H,7-8,20H2,1-2H3. The van der Waals surface area contributed by atoms with Gasteiger partial charge in [0, 0.05) is 33.8 Å². The van der Waals surface area contributed by atoms with E-state index in [4.69, 9.17) is 26.8 Å². The Morgan fingerprint density at radius 2 is 1.78 bits per heavy atom. The van der Waals surface area contributed by atoms with Gasteiger partial charge in [-0.2, -0.15) is 0 Å². The first-order chi connectivity index (χ1) is 11.2. The summed E-state index contributed by atoms with van der Waals surface area (Å²) in [4.78, 5) is 3.36. The van der Waals surface area contributed by atoms with Gasteiger partial charge < -0.3 is 20.2 Å². The summed E-state index contributed by atoms with van der Waals surface area (Å²) < 4.78 is 11.1. The van der Waals surface area contributed by atoms with E-state index in [-0.39, 0.29) is 0 Å². The van der Waals surface area contributed by atoms with E-state index in [1.807, 2.05) is 36.5 Å². The predicted octanol–water partition coefficient (Wildman–Crippen LogP) is 4.01. The number of fused-ring (bicyclic) bond motifs is 1. The molecule has 4 nitrogen and oxygen atoms in total. The van der Waals surface area contributed by atoms with Crippen molar-refractivity contribution in [1.29, 1.82) is 0 Å². The highest BCUT2D eigenvalue weighted by atomic mass is 35.5. The minimum atomic E-state index is 0.549. The molecule has 0 radical (unpaired) electrons. The predicted molar refractivity (Wildman–Crippen MR) is 94.6 cm³/mol. The maximum absolute atomic E-state index is 5.99. The lowest BCUT2D eigenvalue weighted by Gasteiger charge is -2.13. The Kier molecular flexibility index (Phi) is 4.46. The number of aromatic nitrogens is 1. The van der Waals surface area contributed by atoms with Gasteiger partial charge in [-0.05, 0) is 30.7 Å². The van der Waals surface area contributed by atoms with Crippen LogP contribution in [0.1, 0.15) is 5.56 Å². The fraction of sp³-hybridized carbons (Fsp3) is 0.222. The van der Waals surface area contributed by atoms with Crippen molar-refractivity contribution in [3.8, 4) is 22.6 Å². The van der Waals surface area contributed by atoms with Gasteiger partial charge in [-0.1, -0.05) is 23.7 Å². The Labute approximate surface area is 140 Å². The molecule has 0 saturated heterocycles. The van der Waals surface area contributed by atoms with Crippen LogP contribution >= 0.6 is 11.6 Å². The molecule has 120 valence electrons. The van der Waals surface area contributed by atoms with Crippen LogP contribution in [0.3, 0.4) is 0 Å². The number of halogens is 1. The van der Waals surface area contributed by atoms with Gasteiger partial charge in [0.1, 0.15) is 11.5 Å². The Hall–Kier alpha value is -2.17. The molecule has 3 aromatic rings. The second-order valence-corrected chi connectivity index (χ2v) is 5.69. The maximum Gasteiger partial charge on any atom is 0.132 e. The molecule has 1 aromatic heterocycles. The number of hydrogen-bond acceptors (Lipinski definition) is 3. The number of aromatic amines is 1. The largest absolute Gasteiger partial charge is 0.496 e. The van der Waals surface area contributed by atoms with E-state index in [1.54, 1.807) is 14.2 Å². The number of rotatable bonds is 5. The summed E-state index contributed by atoms with van der Waals surface area (Å²) >= 11 is 5.99. The summed E-state index contributed by atoms with van der Waals surface area (Å²) in [5.41, 5.74) is 9.96. The second kappa shape index (κ2) is 6.52. The van der Waals surface area contributed by atoms with E-state index in [2.05, 4.69) is 4.98 Å². The zero-order valence-electron chi connectivity index (χ0n) is 13.2. The van der Waals surface area contributed by atoms with Crippen LogP contribution in [0.4, 0.5) is 0 Å². The molecule has 0 spiro atoms. The molecule has 0 amide bonds. The van der Waals surface area contributed by atoms with Crippen LogP contribution in [0.2, 0.25) is 5.02 Å². The summed E-state index contributed by atoms with van der Waals surface area (Å²) in [6.45, 7) is 0.549. The van der Waals surface area contributed by atoms with Crippen LogP contribution in [0, 0.1) is 0 Å². The minimum absolute atomic E-state index is 0.549. The molecule has 2 aromatic carbocycles. The van der Waals surface area contributed by atoms with E-state index in [0.29, 0.717) is 11.6 Å². The molecular weight excluding hydrogens is 312 g/mol. The summed E-state index contributed by atoms with van der Waals surface area (Å²) in [7, 11) is 3.32. The molecule has 5 heteroatoms. The van der Waals surface area contributed by atoms with Crippen molar-refractivity contribution in [3.63, 3.8) is 0 Å². The van der Waals surface area contributed by atoms with E-state index >= 15 is 0 Å². The van der Waals surface area contributed by atoms with Crippen molar-refractivity contribution in [2.45, 2.75) is 6.42 Å². The number of nitrogens with one attached hydrogen (secondary N) is 1. The van der Waals surface area contributed by atoms with Gasteiger partial charge in [-0.15, -0.1) is 0 Å². The summed E-state index contributed by atoms with van der Waals surface area (Å²) in [5, 5.41) is 1.74. The molecule has 3 N–H and O–H groups in total. The molecule has 0 fully saturated rings. The smallest absolute Gasteiger partial charge is 0.132 e. The van der Waals surface area contributed by atoms with Crippen molar-refractivity contribution < 1.29 is 9.47 Å². The zero-order chi connectivity index (χ0) is 16.4. The lowest BCUT2D eigenvalue weighted by Crippen LogP contribution is -2.05. The van der Waals surface area contributed by atoms with Gasteiger partial charge in [0.05, 0.1) is 19.7 Å². The van der Waals surface area contributed by atoms with Crippen molar-refractivity contribution in [1.82, 2.24) is 4.98 Å². The van der Waals surface area contributed by atoms with E-state index < -0.39 is 0 Å². The van der Waals surface area contributed by atoms with Gasteiger partial charge in [-0.25, -0.2) is 0 Å². The number of H-pyrrole nitrogens is 1. The molecule has 0 aliphatic heterocycles. The SMILES string of the molecule is COc1cc(OC)c2c(-c3ccc(Cl)cc3)c[nH]c2c1CCN. The van der Waals surface area contributed by atoms with Crippen LogP contribution in [0.15, 0.2) is 36.5 Å². The molecule has 0 unspecified atom stereocenters. The lowest BCUT2D eigenvalue weighted by atomic mass is 10.00.